The Morgan fingerprint density at radius 1 is 1.10 bits per heavy atom. The minimum absolute atomic E-state index is 0.0743. The second-order valence-electron chi connectivity index (χ2n) is 6.76. The van der Waals surface area contributed by atoms with Gasteiger partial charge in [0, 0.05) is 19.0 Å². The smallest absolute Gasteiger partial charge is 0.243 e. The van der Waals surface area contributed by atoms with Crippen molar-refractivity contribution in [2.45, 2.75) is 63.5 Å². The highest BCUT2D eigenvalue weighted by molar-refractivity contribution is 5.88. The fraction of sp³-hybridized carbons (Fsp3) is 0.875. The molecule has 0 bridgehead atoms. The zero-order chi connectivity index (χ0) is 14.7. The van der Waals surface area contributed by atoms with Gasteiger partial charge in [0.25, 0.3) is 0 Å². The van der Waals surface area contributed by atoms with E-state index in [9.17, 15) is 9.59 Å². The van der Waals surface area contributed by atoms with Crippen LogP contribution in [-0.4, -0.2) is 48.4 Å². The van der Waals surface area contributed by atoms with Gasteiger partial charge in [-0.3, -0.25) is 9.59 Å². The summed E-state index contributed by atoms with van der Waals surface area (Å²) >= 11 is 0. The largest absolute Gasteiger partial charge is 0.352 e. The molecular weight excluding hydrogens is 266 g/mol. The Labute approximate surface area is 126 Å². The van der Waals surface area contributed by atoms with Crippen LogP contribution in [0.25, 0.3) is 0 Å². The van der Waals surface area contributed by atoms with Crippen LogP contribution in [0.15, 0.2) is 0 Å². The topological polar surface area (TPSA) is 61.4 Å². The number of hydrogen-bond acceptors (Lipinski definition) is 3. The lowest BCUT2D eigenvalue weighted by Crippen LogP contribution is -2.46. The van der Waals surface area contributed by atoms with Crippen molar-refractivity contribution in [3.05, 3.63) is 0 Å². The maximum absolute atomic E-state index is 12.4. The molecule has 21 heavy (non-hydrogen) atoms. The average molecular weight is 293 g/mol. The molecule has 2 saturated heterocycles. The van der Waals surface area contributed by atoms with Crippen molar-refractivity contribution in [2.75, 3.05) is 19.6 Å². The number of hydrogen-bond donors (Lipinski definition) is 2. The van der Waals surface area contributed by atoms with E-state index in [0.29, 0.717) is 18.4 Å². The van der Waals surface area contributed by atoms with E-state index in [0.717, 1.165) is 51.7 Å². The maximum Gasteiger partial charge on any atom is 0.243 e. The van der Waals surface area contributed by atoms with Gasteiger partial charge in [-0.1, -0.05) is 0 Å². The van der Waals surface area contributed by atoms with Crippen molar-refractivity contribution in [3.63, 3.8) is 0 Å². The van der Waals surface area contributed by atoms with Gasteiger partial charge in [-0.25, -0.2) is 0 Å². The first kappa shape index (κ1) is 14.8. The summed E-state index contributed by atoms with van der Waals surface area (Å²) in [5.41, 5.74) is 0. The highest BCUT2D eigenvalue weighted by Crippen LogP contribution is 2.24. The summed E-state index contributed by atoms with van der Waals surface area (Å²) in [5, 5.41) is 6.40. The molecule has 118 valence electrons. The van der Waals surface area contributed by atoms with Gasteiger partial charge < -0.3 is 15.5 Å². The standard InChI is InChI=1S/C16H27N3O2/c20-15(6-3-12-7-9-17-10-8-12)19-11-1-2-14(19)16(21)18-13-4-5-13/h12-14,17H,1-11H2,(H,18,21). The molecule has 1 atom stereocenters. The second kappa shape index (κ2) is 6.77. The molecule has 3 fully saturated rings. The number of likely N-dealkylation sites (tertiary alicyclic amines) is 1. The average Bonchev–Trinajstić information content (AvgIpc) is 3.18. The Morgan fingerprint density at radius 3 is 2.57 bits per heavy atom. The lowest BCUT2D eigenvalue weighted by Gasteiger charge is -2.26. The molecule has 0 aromatic rings. The molecule has 0 radical (unpaired) electrons. The molecule has 0 aromatic heterocycles. The zero-order valence-electron chi connectivity index (χ0n) is 12.8. The minimum atomic E-state index is -0.203. The Morgan fingerprint density at radius 2 is 1.86 bits per heavy atom. The summed E-state index contributed by atoms with van der Waals surface area (Å²) in [6, 6.07) is 0.177. The molecule has 3 rings (SSSR count). The highest BCUT2D eigenvalue weighted by atomic mass is 16.2. The first-order valence-corrected chi connectivity index (χ1v) is 8.54. The van der Waals surface area contributed by atoms with Crippen molar-refractivity contribution in [2.24, 2.45) is 5.92 Å². The van der Waals surface area contributed by atoms with Crippen molar-refractivity contribution in [1.82, 2.24) is 15.5 Å². The van der Waals surface area contributed by atoms with Crippen LogP contribution in [0.1, 0.15) is 51.4 Å². The molecular formula is C16H27N3O2. The SMILES string of the molecule is O=C(NC1CC1)C1CCCN1C(=O)CCC1CCNCC1. The van der Waals surface area contributed by atoms with Crippen molar-refractivity contribution in [3.8, 4) is 0 Å². The van der Waals surface area contributed by atoms with E-state index in [2.05, 4.69) is 10.6 Å². The summed E-state index contributed by atoms with van der Waals surface area (Å²) in [6.07, 6.45) is 7.94. The van der Waals surface area contributed by atoms with Gasteiger partial charge in [-0.15, -0.1) is 0 Å². The summed E-state index contributed by atoms with van der Waals surface area (Å²) < 4.78 is 0. The third-order valence-electron chi connectivity index (χ3n) is 5.02. The molecule has 0 aromatic carbocycles. The van der Waals surface area contributed by atoms with E-state index in [1.54, 1.807) is 0 Å². The summed E-state index contributed by atoms with van der Waals surface area (Å²) in [6.45, 7) is 2.91. The number of nitrogens with zero attached hydrogens (tertiary/aromatic N) is 1. The van der Waals surface area contributed by atoms with Gasteiger partial charge in [0.05, 0.1) is 0 Å². The van der Waals surface area contributed by atoms with Gasteiger partial charge in [-0.05, 0) is 64.0 Å². The number of nitrogens with one attached hydrogen (secondary N) is 2. The van der Waals surface area contributed by atoms with E-state index in [1.807, 2.05) is 4.90 Å². The van der Waals surface area contributed by atoms with Crippen LogP contribution < -0.4 is 10.6 Å². The van der Waals surface area contributed by atoms with Crippen molar-refractivity contribution < 1.29 is 9.59 Å². The molecule has 5 nitrogen and oxygen atoms in total. The third-order valence-corrected chi connectivity index (χ3v) is 5.02. The normalized spacial score (nSPS) is 26.9. The molecule has 2 amide bonds. The Kier molecular flexibility index (Phi) is 4.78. The lowest BCUT2D eigenvalue weighted by atomic mass is 9.93. The Hall–Kier alpha value is -1.10. The number of rotatable bonds is 5. The van der Waals surface area contributed by atoms with Gasteiger partial charge in [-0.2, -0.15) is 0 Å². The van der Waals surface area contributed by atoms with Gasteiger partial charge >= 0.3 is 0 Å². The molecule has 2 heterocycles. The summed E-state index contributed by atoms with van der Waals surface area (Å²) in [4.78, 5) is 26.5. The van der Waals surface area contributed by atoms with Crippen molar-refractivity contribution >= 4 is 11.8 Å². The van der Waals surface area contributed by atoms with Crippen LogP contribution in [-0.2, 0) is 9.59 Å². The molecule has 0 spiro atoms. The van der Waals surface area contributed by atoms with Crippen LogP contribution in [0.5, 0.6) is 0 Å². The predicted octanol–water partition coefficient (Wildman–Crippen LogP) is 1.04. The van der Waals surface area contributed by atoms with E-state index in [-0.39, 0.29) is 17.9 Å². The zero-order valence-corrected chi connectivity index (χ0v) is 12.8. The quantitative estimate of drug-likeness (QED) is 0.796. The highest BCUT2D eigenvalue weighted by Gasteiger charge is 2.36. The first-order chi connectivity index (χ1) is 10.2. The molecule has 2 aliphatic heterocycles. The summed E-state index contributed by atoms with van der Waals surface area (Å²) in [7, 11) is 0. The number of piperidine rings is 1. The molecule has 1 unspecified atom stereocenters. The van der Waals surface area contributed by atoms with Crippen LogP contribution in [0.4, 0.5) is 0 Å². The van der Waals surface area contributed by atoms with Gasteiger partial charge in [0.2, 0.25) is 11.8 Å². The Balaban J connectivity index is 1.46. The minimum Gasteiger partial charge on any atom is -0.352 e. The third kappa shape index (κ3) is 3.96. The predicted molar refractivity (Wildman–Crippen MR) is 80.7 cm³/mol. The maximum atomic E-state index is 12.4. The molecule has 1 aliphatic carbocycles. The molecule has 1 saturated carbocycles. The number of amides is 2. The molecule has 2 N–H and O–H groups in total. The van der Waals surface area contributed by atoms with E-state index < -0.39 is 0 Å². The second-order valence-corrected chi connectivity index (χ2v) is 6.76. The summed E-state index contributed by atoms with van der Waals surface area (Å²) in [5.74, 6) is 0.934. The van der Waals surface area contributed by atoms with Gasteiger partial charge in [0.1, 0.15) is 6.04 Å². The fourth-order valence-electron chi connectivity index (χ4n) is 3.50. The number of carbonyl (C=O) groups excluding carboxylic acids is 2. The Bertz CT molecular complexity index is 389. The van der Waals surface area contributed by atoms with E-state index in [1.165, 1.54) is 12.8 Å². The molecule has 3 aliphatic rings. The monoisotopic (exact) mass is 293 g/mol. The van der Waals surface area contributed by atoms with Gasteiger partial charge in [0.15, 0.2) is 0 Å². The van der Waals surface area contributed by atoms with Crippen LogP contribution in [0, 0.1) is 5.92 Å². The van der Waals surface area contributed by atoms with E-state index >= 15 is 0 Å². The van der Waals surface area contributed by atoms with Crippen LogP contribution in [0.2, 0.25) is 0 Å². The van der Waals surface area contributed by atoms with E-state index in [4.69, 9.17) is 0 Å². The van der Waals surface area contributed by atoms with Crippen molar-refractivity contribution in [1.29, 1.82) is 0 Å². The molecule has 5 heteroatoms. The fourth-order valence-corrected chi connectivity index (χ4v) is 3.50. The van der Waals surface area contributed by atoms with Crippen LogP contribution >= 0.6 is 0 Å². The lowest BCUT2D eigenvalue weighted by molar-refractivity contribution is -0.138. The number of carbonyl (C=O) groups is 2. The van der Waals surface area contributed by atoms with Crippen LogP contribution in [0.3, 0.4) is 0 Å². The first-order valence-electron chi connectivity index (χ1n) is 8.54.